The van der Waals surface area contributed by atoms with Crippen LogP contribution in [0.4, 0.5) is 5.69 Å². The van der Waals surface area contributed by atoms with Gasteiger partial charge in [-0.1, -0.05) is 79.7 Å². The van der Waals surface area contributed by atoms with Crippen molar-refractivity contribution < 1.29 is 18.0 Å². The van der Waals surface area contributed by atoms with Gasteiger partial charge in [0.25, 0.3) is 0 Å². The number of nitrogens with zero attached hydrogens (tertiary/aromatic N) is 2. The Morgan fingerprint density at radius 3 is 2.08 bits per heavy atom. The largest absolute Gasteiger partial charge is 0.354 e. The molecule has 0 heterocycles. The summed E-state index contributed by atoms with van der Waals surface area (Å²) in [4.78, 5) is 29.0. The van der Waals surface area contributed by atoms with Crippen molar-refractivity contribution >= 4 is 27.5 Å². The molecule has 0 aliphatic rings. The molecule has 3 aromatic rings. The summed E-state index contributed by atoms with van der Waals surface area (Å²) in [7, 11) is -3.79. The lowest BCUT2D eigenvalue weighted by Crippen LogP contribution is -2.53. The fraction of sp³-hybridized carbons (Fsp3) is 0.333. The van der Waals surface area contributed by atoms with E-state index in [2.05, 4.69) is 5.32 Å². The number of amides is 2. The van der Waals surface area contributed by atoms with E-state index in [9.17, 15) is 18.0 Å². The zero-order chi connectivity index (χ0) is 27.7. The number of carbonyl (C=O) groups excluding carboxylic acids is 2. The third kappa shape index (κ3) is 7.92. The van der Waals surface area contributed by atoms with Gasteiger partial charge in [-0.3, -0.25) is 13.9 Å². The number of hydrogen-bond acceptors (Lipinski definition) is 4. The summed E-state index contributed by atoms with van der Waals surface area (Å²) in [5.74, 6) is -0.717. The molecule has 3 rings (SSSR count). The summed E-state index contributed by atoms with van der Waals surface area (Å²) in [5, 5.41) is 2.94. The minimum absolute atomic E-state index is 0.168. The van der Waals surface area contributed by atoms with E-state index in [1.165, 1.54) is 4.90 Å². The third-order valence-corrected chi connectivity index (χ3v) is 7.46. The number of rotatable bonds is 12. The fourth-order valence-electron chi connectivity index (χ4n) is 4.28. The second-order valence-electron chi connectivity index (χ2n) is 9.56. The molecule has 1 atom stereocenters. The van der Waals surface area contributed by atoms with Crippen LogP contribution < -0.4 is 9.62 Å². The Bertz CT molecular complexity index is 1330. The normalized spacial score (nSPS) is 12.0. The zero-order valence-corrected chi connectivity index (χ0v) is 23.4. The molecule has 7 nitrogen and oxygen atoms in total. The van der Waals surface area contributed by atoms with Crippen molar-refractivity contribution in [3.63, 3.8) is 0 Å². The maximum atomic E-state index is 14.0. The van der Waals surface area contributed by atoms with Crippen molar-refractivity contribution in [2.75, 3.05) is 23.7 Å². The van der Waals surface area contributed by atoms with Crippen LogP contribution in [-0.4, -0.2) is 50.5 Å². The van der Waals surface area contributed by atoms with E-state index in [1.54, 1.807) is 6.07 Å². The summed E-state index contributed by atoms with van der Waals surface area (Å²) in [6, 6.07) is 23.6. The van der Waals surface area contributed by atoms with Gasteiger partial charge in [-0.2, -0.15) is 0 Å². The molecule has 0 aliphatic carbocycles. The van der Waals surface area contributed by atoms with E-state index in [1.807, 2.05) is 93.6 Å². The minimum atomic E-state index is -3.79. The summed E-state index contributed by atoms with van der Waals surface area (Å²) in [6.07, 6.45) is 2.15. The third-order valence-electron chi connectivity index (χ3n) is 6.33. The molecule has 0 saturated heterocycles. The second-order valence-corrected chi connectivity index (χ2v) is 11.5. The smallest absolute Gasteiger partial charge is 0.244 e. The first-order valence-electron chi connectivity index (χ1n) is 12.8. The zero-order valence-electron chi connectivity index (χ0n) is 22.6. The lowest BCUT2D eigenvalue weighted by molar-refractivity contribution is -0.140. The highest BCUT2D eigenvalue weighted by atomic mass is 32.2. The Labute approximate surface area is 226 Å². The Morgan fingerprint density at radius 1 is 0.895 bits per heavy atom. The topological polar surface area (TPSA) is 86.8 Å². The van der Waals surface area contributed by atoms with Crippen LogP contribution in [0.25, 0.3) is 0 Å². The first-order chi connectivity index (χ1) is 18.1. The molecule has 0 bridgehead atoms. The van der Waals surface area contributed by atoms with Crippen molar-refractivity contribution in [3.05, 3.63) is 101 Å². The van der Waals surface area contributed by atoms with Crippen LogP contribution in [0.5, 0.6) is 0 Å². The number of anilines is 1. The average molecular weight is 536 g/mol. The van der Waals surface area contributed by atoms with Gasteiger partial charge in [0.15, 0.2) is 0 Å². The van der Waals surface area contributed by atoms with Gasteiger partial charge in [0, 0.05) is 19.5 Å². The highest BCUT2D eigenvalue weighted by Gasteiger charge is 2.33. The SMILES string of the molecule is CCCNC(=O)C(Cc1ccccc1)N(Cc1ccccc1)C(=O)CN(c1cc(C)ccc1C)S(C)(=O)=O. The van der Waals surface area contributed by atoms with Crippen molar-refractivity contribution in [2.24, 2.45) is 0 Å². The molecule has 2 amide bonds. The van der Waals surface area contributed by atoms with Crippen molar-refractivity contribution in [1.29, 1.82) is 0 Å². The van der Waals surface area contributed by atoms with E-state index >= 15 is 0 Å². The van der Waals surface area contributed by atoms with Crippen LogP contribution in [0, 0.1) is 13.8 Å². The first kappa shape index (κ1) is 28.9. The molecule has 0 spiro atoms. The summed E-state index contributed by atoms with van der Waals surface area (Å²) < 4.78 is 27.0. The van der Waals surface area contributed by atoms with E-state index in [0.717, 1.165) is 39.2 Å². The summed E-state index contributed by atoms with van der Waals surface area (Å²) in [5.41, 5.74) is 3.83. The molecular weight excluding hydrogens is 498 g/mol. The van der Waals surface area contributed by atoms with Gasteiger partial charge < -0.3 is 10.2 Å². The average Bonchev–Trinajstić information content (AvgIpc) is 2.89. The van der Waals surface area contributed by atoms with Crippen LogP contribution in [0.3, 0.4) is 0 Å². The number of sulfonamides is 1. The van der Waals surface area contributed by atoms with E-state index in [4.69, 9.17) is 0 Å². The van der Waals surface area contributed by atoms with Crippen LogP contribution >= 0.6 is 0 Å². The highest BCUT2D eigenvalue weighted by Crippen LogP contribution is 2.25. The van der Waals surface area contributed by atoms with Crippen molar-refractivity contribution in [1.82, 2.24) is 10.2 Å². The number of aryl methyl sites for hydroxylation is 2. The molecule has 0 fully saturated rings. The van der Waals surface area contributed by atoms with E-state index in [-0.39, 0.29) is 12.5 Å². The Hall–Kier alpha value is -3.65. The van der Waals surface area contributed by atoms with Gasteiger partial charge in [0.05, 0.1) is 11.9 Å². The first-order valence-corrected chi connectivity index (χ1v) is 14.6. The van der Waals surface area contributed by atoms with Gasteiger partial charge >= 0.3 is 0 Å². The molecule has 0 aromatic heterocycles. The standard InChI is InChI=1S/C30H37N3O4S/c1-5-18-31-30(35)28(20-25-12-8-6-9-13-25)32(21-26-14-10-7-11-15-26)29(34)22-33(38(4,36)37)27-19-23(2)16-17-24(27)3/h6-17,19,28H,5,18,20-22H2,1-4H3,(H,31,35). The Kier molecular flexibility index (Phi) is 10.1. The van der Waals surface area contributed by atoms with E-state index < -0.39 is 28.5 Å². The Morgan fingerprint density at radius 2 is 1.50 bits per heavy atom. The van der Waals surface area contributed by atoms with Gasteiger partial charge in [-0.05, 0) is 48.6 Å². The van der Waals surface area contributed by atoms with E-state index in [0.29, 0.717) is 18.7 Å². The molecule has 1 N–H and O–H groups in total. The lowest BCUT2D eigenvalue weighted by atomic mass is 10.0. The van der Waals surface area contributed by atoms with Crippen molar-refractivity contribution in [2.45, 2.75) is 46.2 Å². The van der Waals surface area contributed by atoms with Gasteiger partial charge in [0.1, 0.15) is 12.6 Å². The van der Waals surface area contributed by atoms with Crippen LogP contribution in [0.2, 0.25) is 0 Å². The van der Waals surface area contributed by atoms with Crippen molar-refractivity contribution in [3.8, 4) is 0 Å². The summed E-state index contributed by atoms with van der Waals surface area (Å²) in [6.45, 7) is 5.89. The number of hydrogen-bond donors (Lipinski definition) is 1. The highest BCUT2D eigenvalue weighted by molar-refractivity contribution is 7.92. The van der Waals surface area contributed by atoms with Crippen LogP contribution in [0.1, 0.15) is 35.6 Å². The number of nitrogens with one attached hydrogen (secondary N) is 1. The fourth-order valence-corrected chi connectivity index (χ4v) is 5.18. The maximum Gasteiger partial charge on any atom is 0.244 e. The Balaban J connectivity index is 2.04. The van der Waals surface area contributed by atoms with Crippen LogP contribution in [-0.2, 0) is 32.6 Å². The van der Waals surface area contributed by atoms with Gasteiger partial charge in [-0.15, -0.1) is 0 Å². The lowest BCUT2D eigenvalue weighted by Gasteiger charge is -2.34. The molecule has 8 heteroatoms. The number of carbonyl (C=O) groups is 2. The van der Waals surface area contributed by atoms with Crippen LogP contribution in [0.15, 0.2) is 78.9 Å². The molecule has 202 valence electrons. The molecule has 1 unspecified atom stereocenters. The monoisotopic (exact) mass is 535 g/mol. The van der Waals surface area contributed by atoms with Gasteiger partial charge in [0.2, 0.25) is 21.8 Å². The maximum absolute atomic E-state index is 14.0. The summed E-state index contributed by atoms with van der Waals surface area (Å²) >= 11 is 0. The van der Waals surface area contributed by atoms with Gasteiger partial charge in [-0.25, -0.2) is 8.42 Å². The molecular formula is C30H37N3O4S. The molecule has 0 aliphatic heterocycles. The second kappa shape index (κ2) is 13.2. The molecule has 38 heavy (non-hydrogen) atoms. The number of benzene rings is 3. The predicted molar refractivity (Wildman–Crippen MR) is 152 cm³/mol. The molecule has 0 radical (unpaired) electrons. The quantitative estimate of drug-likeness (QED) is 0.376. The predicted octanol–water partition coefficient (Wildman–Crippen LogP) is 4.24. The molecule has 3 aromatic carbocycles. The molecule has 0 saturated carbocycles. The minimum Gasteiger partial charge on any atom is -0.354 e.